The molecule has 0 aromatic carbocycles. The van der Waals surface area contributed by atoms with Crippen molar-refractivity contribution in [1.29, 1.82) is 0 Å². The lowest BCUT2D eigenvalue weighted by atomic mass is 9.95. The Morgan fingerprint density at radius 1 is 1.61 bits per heavy atom. The van der Waals surface area contributed by atoms with Crippen LogP contribution in [0.15, 0.2) is 5.38 Å². The van der Waals surface area contributed by atoms with Crippen LogP contribution in [0.4, 0.5) is 0 Å². The number of likely N-dealkylation sites (tertiary alicyclic amines) is 1. The molecule has 1 aromatic heterocycles. The molecule has 18 heavy (non-hydrogen) atoms. The van der Waals surface area contributed by atoms with Gasteiger partial charge in [0.15, 0.2) is 0 Å². The number of rotatable bonds is 3. The largest absolute Gasteiger partial charge is 0.331 e. The molecule has 5 heteroatoms. The highest BCUT2D eigenvalue weighted by Gasteiger charge is 2.36. The summed E-state index contributed by atoms with van der Waals surface area (Å²) in [7, 11) is 0. The van der Waals surface area contributed by atoms with Gasteiger partial charge in [0.1, 0.15) is 5.01 Å². The average molecular weight is 267 g/mol. The zero-order valence-electron chi connectivity index (χ0n) is 11.2. The molecule has 1 aliphatic heterocycles. The highest BCUT2D eigenvalue weighted by molar-refractivity contribution is 7.09. The van der Waals surface area contributed by atoms with Crippen molar-refractivity contribution in [1.82, 2.24) is 9.88 Å². The zero-order valence-corrected chi connectivity index (χ0v) is 12.0. The van der Waals surface area contributed by atoms with Gasteiger partial charge >= 0.3 is 0 Å². The third-order valence-corrected chi connectivity index (χ3v) is 4.24. The summed E-state index contributed by atoms with van der Waals surface area (Å²) in [5.74, 6) is 0.658. The zero-order chi connectivity index (χ0) is 13.3. The molecule has 2 atom stereocenters. The number of carbonyl (C=O) groups is 1. The molecule has 1 fully saturated rings. The highest BCUT2D eigenvalue weighted by atomic mass is 32.1. The van der Waals surface area contributed by atoms with E-state index in [9.17, 15) is 4.79 Å². The maximum Gasteiger partial charge on any atom is 0.223 e. The number of nitrogens with zero attached hydrogens (tertiary/aromatic N) is 2. The number of amides is 1. The number of aromatic nitrogens is 1. The lowest BCUT2D eigenvalue weighted by molar-refractivity contribution is -0.138. The number of piperidine rings is 1. The van der Waals surface area contributed by atoms with Crippen LogP contribution in [0.1, 0.15) is 43.4 Å². The van der Waals surface area contributed by atoms with Gasteiger partial charge in [-0.3, -0.25) is 4.79 Å². The molecule has 0 saturated carbocycles. The Bertz CT molecular complexity index is 430. The summed E-state index contributed by atoms with van der Waals surface area (Å²) >= 11 is 1.61. The number of hydrogen-bond donors (Lipinski definition) is 1. The summed E-state index contributed by atoms with van der Waals surface area (Å²) < 4.78 is 0. The molecule has 1 saturated heterocycles. The summed E-state index contributed by atoms with van der Waals surface area (Å²) in [6.07, 6.45) is 1.32. The van der Waals surface area contributed by atoms with Gasteiger partial charge in [0.25, 0.3) is 0 Å². The van der Waals surface area contributed by atoms with Crippen molar-refractivity contribution in [2.45, 2.75) is 45.7 Å². The molecule has 1 aromatic rings. The Morgan fingerprint density at radius 2 is 2.33 bits per heavy atom. The summed E-state index contributed by atoms with van der Waals surface area (Å²) in [6, 6.07) is -0.0284. The fourth-order valence-electron chi connectivity index (χ4n) is 2.41. The fraction of sp³-hybridized carbons (Fsp3) is 0.692. The Hall–Kier alpha value is -0.940. The van der Waals surface area contributed by atoms with Crippen LogP contribution in [0.2, 0.25) is 0 Å². The first kappa shape index (κ1) is 13.5. The quantitative estimate of drug-likeness (QED) is 0.912. The van der Waals surface area contributed by atoms with E-state index in [4.69, 9.17) is 5.73 Å². The first-order valence-electron chi connectivity index (χ1n) is 6.46. The predicted molar refractivity (Wildman–Crippen MR) is 73.4 cm³/mol. The smallest absolute Gasteiger partial charge is 0.223 e. The molecule has 0 radical (unpaired) electrons. The Kier molecular flexibility index (Phi) is 4.02. The molecule has 0 aliphatic carbocycles. The van der Waals surface area contributed by atoms with Crippen LogP contribution in [0.3, 0.4) is 0 Å². The molecule has 2 heterocycles. The molecule has 0 bridgehead atoms. The van der Waals surface area contributed by atoms with Gasteiger partial charge in [-0.05, 0) is 19.3 Å². The molecule has 2 unspecified atom stereocenters. The van der Waals surface area contributed by atoms with Crippen LogP contribution >= 0.6 is 11.3 Å². The molecule has 2 rings (SSSR count). The van der Waals surface area contributed by atoms with Crippen molar-refractivity contribution in [3.05, 3.63) is 16.1 Å². The topological polar surface area (TPSA) is 59.2 Å². The molecular weight excluding hydrogens is 246 g/mol. The predicted octanol–water partition coefficient (Wildman–Crippen LogP) is 2.10. The lowest BCUT2D eigenvalue weighted by Gasteiger charge is -2.39. The molecule has 0 spiro atoms. The van der Waals surface area contributed by atoms with Gasteiger partial charge in [-0.1, -0.05) is 13.8 Å². The Labute approximate surface area is 112 Å². The molecule has 1 aliphatic rings. The van der Waals surface area contributed by atoms with Crippen LogP contribution in [0.5, 0.6) is 0 Å². The van der Waals surface area contributed by atoms with E-state index in [2.05, 4.69) is 18.8 Å². The minimum Gasteiger partial charge on any atom is -0.331 e. The van der Waals surface area contributed by atoms with Crippen molar-refractivity contribution in [2.75, 3.05) is 6.54 Å². The minimum absolute atomic E-state index is 0.00648. The summed E-state index contributed by atoms with van der Waals surface area (Å²) in [5.41, 5.74) is 7.23. The van der Waals surface area contributed by atoms with Crippen LogP contribution in [-0.2, 0) is 4.79 Å². The third kappa shape index (κ3) is 2.72. The van der Waals surface area contributed by atoms with Gasteiger partial charge in [0.2, 0.25) is 5.91 Å². The number of thiazole rings is 1. The normalized spacial score (nSPS) is 24.9. The highest BCUT2D eigenvalue weighted by Crippen LogP contribution is 2.33. The second kappa shape index (κ2) is 5.36. The minimum atomic E-state index is -0.0349. The molecule has 1 amide bonds. The number of hydrogen-bond acceptors (Lipinski definition) is 4. The van der Waals surface area contributed by atoms with Crippen molar-refractivity contribution in [2.24, 2.45) is 11.7 Å². The monoisotopic (exact) mass is 267 g/mol. The molecule has 4 nitrogen and oxygen atoms in total. The van der Waals surface area contributed by atoms with E-state index < -0.39 is 0 Å². The SMILES string of the molecule is Cc1csc(C2C(N)CCC(=O)N2CC(C)C)n1. The van der Waals surface area contributed by atoms with Crippen molar-refractivity contribution in [3.8, 4) is 0 Å². The van der Waals surface area contributed by atoms with Crippen molar-refractivity contribution >= 4 is 17.2 Å². The summed E-state index contributed by atoms with van der Waals surface area (Å²) in [4.78, 5) is 18.6. The number of aryl methyl sites for hydroxylation is 1. The Morgan fingerprint density at radius 3 is 2.89 bits per heavy atom. The van der Waals surface area contributed by atoms with E-state index in [1.54, 1.807) is 11.3 Å². The van der Waals surface area contributed by atoms with E-state index in [1.807, 2.05) is 17.2 Å². The van der Waals surface area contributed by atoms with E-state index in [-0.39, 0.29) is 18.0 Å². The summed E-state index contributed by atoms with van der Waals surface area (Å²) in [5, 5.41) is 3.00. The standard InChI is InChI=1S/C13H21N3OS/c1-8(2)6-16-11(17)5-4-10(14)12(16)13-15-9(3)7-18-13/h7-8,10,12H,4-6,14H2,1-3H3. The van der Waals surface area contributed by atoms with E-state index >= 15 is 0 Å². The van der Waals surface area contributed by atoms with Crippen LogP contribution in [-0.4, -0.2) is 28.4 Å². The van der Waals surface area contributed by atoms with Crippen molar-refractivity contribution in [3.63, 3.8) is 0 Å². The van der Waals surface area contributed by atoms with Gasteiger partial charge in [-0.15, -0.1) is 11.3 Å². The van der Waals surface area contributed by atoms with Gasteiger partial charge in [-0.2, -0.15) is 0 Å². The third-order valence-electron chi connectivity index (χ3n) is 3.20. The summed E-state index contributed by atoms with van der Waals surface area (Å²) in [6.45, 7) is 6.98. The van der Waals surface area contributed by atoms with Gasteiger partial charge in [-0.25, -0.2) is 4.98 Å². The van der Waals surface area contributed by atoms with E-state index in [0.29, 0.717) is 12.3 Å². The van der Waals surface area contributed by atoms with Crippen LogP contribution in [0, 0.1) is 12.8 Å². The van der Waals surface area contributed by atoms with E-state index in [1.165, 1.54) is 0 Å². The van der Waals surface area contributed by atoms with E-state index in [0.717, 1.165) is 23.7 Å². The fourth-order valence-corrected chi connectivity index (χ4v) is 3.39. The Balaban J connectivity index is 2.28. The van der Waals surface area contributed by atoms with Gasteiger partial charge in [0.05, 0.1) is 6.04 Å². The molecule has 2 N–H and O–H groups in total. The maximum atomic E-state index is 12.1. The molecular formula is C13H21N3OS. The van der Waals surface area contributed by atoms with Gasteiger partial charge < -0.3 is 10.6 Å². The lowest BCUT2D eigenvalue weighted by Crippen LogP contribution is -2.49. The van der Waals surface area contributed by atoms with Gasteiger partial charge in [0, 0.05) is 30.1 Å². The second-order valence-corrected chi connectivity index (χ2v) is 6.30. The van der Waals surface area contributed by atoms with Crippen molar-refractivity contribution < 1.29 is 4.79 Å². The van der Waals surface area contributed by atoms with Crippen LogP contribution < -0.4 is 5.73 Å². The second-order valence-electron chi connectivity index (χ2n) is 5.41. The van der Waals surface area contributed by atoms with Crippen LogP contribution in [0.25, 0.3) is 0 Å². The first-order valence-corrected chi connectivity index (χ1v) is 7.34. The first-order chi connectivity index (χ1) is 8.49. The maximum absolute atomic E-state index is 12.1. The average Bonchev–Trinajstić information content (AvgIpc) is 2.70. The number of carbonyl (C=O) groups excluding carboxylic acids is 1. The number of nitrogens with two attached hydrogens (primary N) is 1. The molecule has 100 valence electrons.